The maximum atomic E-state index is 13.0. The smallest absolute Gasteiger partial charge is 0.295 e. The fourth-order valence-corrected chi connectivity index (χ4v) is 3.87. The Kier molecular flexibility index (Phi) is 7.21. The normalized spacial score (nSPS) is 18.1. The van der Waals surface area contributed by atoms with Crippen molar-refractivity contribution in [2.45, 2.75) is 59.4 Å². The summed E-state index contributed by atoms with van der Waals surface area (Å²) in [6, 6.07) is 8.09. The van der Waals surface area contributed by atoms with Crippen LogP contribution in [-0.2, 0) is 9.59 Å². The molecule has 1 fully saturated rings. The lowest BCUT2D eigenvalue weighted by Gasteiger charge is -2.23. The number of hydrogen-bond donors (Lipinski definition) is 1. The van der Waals surface area contributed by atoms with Crippen LogP contribution >= 0.6 is 0 Å². The highest BCUT2D eigenvalue weighted by Gasteiger charge is 2.47. The van der Waals surface area contributed by atoms with Crippen molar-refractivity contribution >= 4 is 17.4 Å². The molecule has 1 unspecified atom stereocenters. The molecule has 3 rings (SSSR count). The van der Waals surface area contributed by atoms with Crippen molar-refractivity contribution in [2.75, 3.05) is 13.2 Å². The fraction of sp³-hybridized carbons (Fsp3) is 0.440. The third-order valence-electron chi connectivity index (χ3n) is 5.48. The molecular weight excluding hydrogens is 394 g/mol. The topological polar surface area (TPSA) is 80.0 Å². The zero-order valence-corrected chi connectivity index (χ0v) is 18.7. The number of benzene rings is 1. The second-order valence-corrected chi connectivity index (χ2v) is 7.98. The number of nitrogens with zero attached hydrogens (tertiary/aromatic N) is 1. The summed E-state index contributed by atoms with van der Waals surface area (Å²) >= 11 is 0. The van der Waals surface area contributed by atoms with Crippen LogP contribution in [-0.4, -0.2) is 34.8 Å². The van der Waals surface area contributed by atoms with Gasteiger partial charge >= 0.3 is 0 Å². The summed E-state index contributed by atoms with van der Waals surface area (Å²) in [6.07, 6.45) is 3.62. The summed E-state index contributed by atoms with van der Waals surface area (Å²) in [4.78, 5) is 27.3. The van der Waals surface area contributed by atoms with Crippen molar-refractivity contribution in [3.63, 3.8) is 0 Å². The van der Waals surface area contributed by atoms with E-state index in [0.29, 0.717) is 30.2 Å². The van der Waals surface area contributed by atoms with Gasteiger partial charge < -0.3 is 19.2 Å². The summed E-state index contributed by atoms with van der Waals surface area (Å²) in [5.41, 5.74) is 1.39. The molecule has 1 aromatic heterocycles. The lowest BCUT2D eigenvalue weighted by Crippen LogP contribution is -2.30. The number of aryl methyl sites for hydroxylation is 2. The summed E-state index contributed by atoms with van der Waals surface area (Å²) in [7, 11) is 0. The van der Waals surface area contributed by atoms with Crippen molar-refractivity contribution in [3.05, 3.63) is 58.6 Å². The Morgan fingerprint density at radius 1 is 1.10 bits per heavy atom. The van der Waals surface area contributed by atoms with Crippen LogP contribution in [0.5, 0.6) is 5.75 Å². The monoisotopic (exact) mass is 425 g/mol. The molecule has 1 saturated heterocycles. The Balaban J connectivity index is 2.04. The minimum Gasteiger partial charge on any atom is -0.507 e. The van der Waals surface area contributed by atoms with Crippen molar-refractivity contribution in [1.82, 2.24) is 4.90 Å². The van der Waals surface area contributed by atoms with Gasteiger partial charge in [0.2, 0.25) is 0 Å². The molecule has 0 bridgehead atoms. The average Bonchev–Trinajstić information content (AvgIpc) is 3.28. The molecule has 1 aliphatic heterocycles. The number of aliphatic hydroxyl groups is 1. The van der Waals surface area contributed by atoms with Crippen molar-refractivity contribution in [3.8, 4) is 5.75 Å². The van der Waals surface area contributed by atoms with Gasteiger partial charge in [-0.05, 0) is 62.6 Å². The first-order chi connectivity index (χ1) is 14.9. The number of ketones is 1. The summed E-state index contributed by atoms with van der Waals surface area (Å²) in [5.74, 6) is 0.419. The molecule has 0 saturated carbocycles. The number of Topliss-reactive ketones (excluding diaryl/α,β-unsaturated/α-hetero) is 1. The Bertz CT molecular complexity index is 988. The first-order valence-electron chi connectivity index (χ1n) is 11.0. The van der Waals surface area contributed by atoms with Gasteiger partial charge in [-0.1, -0.05) is 26.7 Å². The van der Waals surface area contributed by atoms with E-state index in [2.05, 4.69) is 6.92 Å². The Morgan fingerprint density at radius 3 is 2.48 bits per heavy atom. The fourth-order valence-electron chi connectivity index (χ4n) is 3.87. The number of ether oxygens (including phenoxy) is 1. The molecule has 31 heavy (non-hydrogen) atoms. The van der Waals surface area contributed by atoms with E-state index in [1.54, 1.807) is 30.3 Å². The third kappa shape index (κ3) is 4.68. The van der Waals surface area contributed by atoms with Crippen LogP contribution < -0.4 is 4.74 Å². The van der Waals surface area contributed by atoms with Crippen molar-refractivity contribution in [2.24, 2.45) is 0 Å². The van der Waals surface area contributed by atoms with Gasteiger partial charge in [-0.2, -0.15) is 0 Å². The van der Waals surface area contributed by atoms with Gasteiger partial charge in [0.15, 0.2) is 0 Å². The number of carbonyl (C=O) groups is 2. The Labute approximate surface area is 183 Å². The number of amides is 1. The zero-order valence-electron chi connectivity index (χ0n) is 18.7. The number of aliphatic hydroxyl groups excluding tert-OH is 1. The molecule has 166 valence electrons. The van der Waals surface area contributed by atoms with Gasteiger partial charge in [-0.3, -0.25) is 9.59 Å². The molecule has 1 atom stereocenters. The molecule has 2 aromatic rings. The van der Waals surface area contributed by atoms with Gasteiger partial charge in [0, 0.05) is 12.1 Å². The van der Waals surface area contributed by atoms with E-state index in [1.165, 1.54) is 4.90 Å². The van der Waals surface area contributed by atoms with Crippen LogP contribution in [0.25, 0.3) is 5.76 Å². The number of furan rings is 1. The highest BCUT2D eigenvalue weighted by molar-refractivity contribution is 6.46. The zero-order chi connectivity index (χ0) is 22.5. The molecule has 0 radical (unpaired) electrons. The molecular formula is C25H31NO5. The molecule has 2 heterocycles. The van der Waals surface area contributed by atoms with E-state index in [4.69, 9.17) is 9.15 Å². The van der Waals surface area contributed by atoms with Crippen LogP contribution in [0.2, 0.25) is 0 Å². The molecule has 0 aliphatic carbocycles. The van der Waals surface area contributed by atoms with E-state index in [0.717, 1.165) is 37.0 Å². The van der Waals surface area contributed by atoms with Crippen molar-refractivity contribution < 1.29 is 23.8 Å². The number of unbranched alkanes of at least 4 members (excludes halogenated alkanes) is 2. The van der Waals surface area contributed by atoms with Crippen molar-refractivity contribution in [1.29, 1.82) is 0 Å². The predicted octanol–water partition coefficient (Wildman–Crippen LogP) is 5.30. The molecule has 6 nitrogen and oxygen atoms in total. The molecule has 1 aromatic carbocycles. The van der Waals surface area contributed by atoms with Gasteiger partial charge in [0.1, 0.15) is 29.1 Å². The van der Waals surface area contributed by atoms with Gasteiger partial charge in [0.05, 0.1) is 12.2 Å². The quantitative estimate of drug-likeness (QED) is 0.255. The Morgan fingerprint density at radius 2 is 1.87 bits per heavy atom. The van der Waals surface area contributed by atoms with Crippen LogP contribution in [0.15, 0.2) is 40.3 Å². The highest BCUT2D eigenvalue weighted by Crippen LogP contribution is 2.40. The van der Waals surface area contributed by atoms with E-state index < -0.39 is 17.7 Å². The van der Waals surface area contributed by atoms with Crippen LogP contribution in [0.4, 0.5) is 0 Å². The number of rotatable bonds is 9. The largest absolute Gasteiger partial charge is 0.507 e. The number of hydrogen-bond acceptors (Lipinski definition) is 5. The van der Waals surface area contributed by atoms with Gasteiger partial charge in [-0.15, -0.1) is 0 Å². The van der Waals surface area contributed by atoms with Gasteiger partial charge in [0.25, 0.3) is 11.7 Å². The standard InChI is InChI=1S/C25H31NO5/c1-5-7-8-13-26-22(20-11-9-17(4)31-20)21(24(28)25(26)29)23(27)18-10-12-19(16(3)15-18)30-14-6-2/h9-12,15,22,27H,5-8,13-14H2,1-4H3/b23-21-. The highest BCUT2D eigenvalue weighted by atomic mass is 16.5. The lowest BCUT2D eigenvalue weighted by molar-refractivity contribution is -0.140. The second-order valence-electron chi connectivity index (χ2n) is 7.98. The van der Waals surface area contributed by atoms with E-state index in [9.17, 15) is 14.7 Å². The molecule has 6 heteroatoms. The predicted molar refractivity (Wildman–Crippen MR) is 119 cm³/mol. The summed E-state index contributed by atoms with van der Waals surface area (Å²) < 4.78 is 11.5. The molecule has 1 amide bonds. The summed E-state index contributed by atoms with van der Waals surface area (Å²) in [5, 5.41) is 11.1. The maximum Gasteiger partial charge on any atom is 0.295 e. The van der Waals surface area contributed by atoms with Crippen LogP contribution in [0.3, 0.4) is 0 Å². The lowest BCUT2D eigenvalue weighted by atomic mass is 9.98. The van der Waals surface area contributed by atoms with Crippen LogP contribution in [0.1, 0.15) is 68.2 Å². The first kappa shape index (κ1) is 22.7. The SMILES string of the molecule is CCCCCN1C(=O)C(=O)/C(=C(\O)c2ccc(OCCC)c(C)c2)C1c1ccc(C)o1. The maximum absolute atomic E-state index is 13.0. The van der Waals surface area contributed by atoms with Crippen LogP contribution in [0, 0.1) is 13.8 Å². The van der Waals surface area contributed by atoms with E-state index in [1.807, 2.05) is 20.8 Å². The van der Waals surface area contributed by atoms with E-state index >= 15 is 0 Å². The average molecular weight is 426 g/mol. The molecule has 1 N–H and O–H groups in total. The first-order valence-corrected chi connectivity index (χ1v) is 11.0. The minimum atomic E-state index is -0.734. The Hall–Kier alpha value is -3.02. The minimum absolute atomic E-state index is 0.0671. The second kappa shape index (κ2) is 9.86. The van der Waals surface area contributed by atoms with Gasteiger partial charge in [-0.25, -0.2) is 0 Å². The molecule has 1 aliphatic rings. The number of carbonyl (C=O) groups excluding carboxylic acids is 2. The third-order valence-corrected chi connectivity index (χ3v) is 5.48. The van der Waals surface area contributed by atoms with E-state index in [-0.39, 0.29) is 11.3 Å². The molecule has 0 spiro atoms. The summed E-state index contributed by atoms with van der Waals surface area (Å²) in [6.45, 7) is 8.85. The number of likely N-dealkylation sites (tertiary alicyclic amines) is 1.